The molecule has 16 heavy (non-hydrogen) atoms. The van der Waals surface area contributed by atoms with Crippen LogP contribution in [0.25, 0.3) is 0 Å². The van der Waals surface area contributed by atoms with Crippen molar-refractivity contribution in [2.75, 3.05) is 13.7 Å². The second-order valence-corrected chi connectivity index (χ2v) is 3.74. The first kappa shape index (κ1) is 11.0. The molecule has 1 N–H and O–H groups in total. The summed E-state index contributed by atoms with van der Waals surface area (Å²) < 4.78 is 10.0. The maximum atomic E-state index is 11.2. The van der Waals surface area contributed by atoms with Crippen molar-refractivity contribution in [1.29, 1.82) is 0 Å². The molecule has 1 aromatic rings. The highest BCUT2D eigenvalue weighted by Gasteiger charge is 2.25. The smallest absolute Gasteiger partial charge is 0.323 e. The molecule has 1 fully saturated rings. The summed E-state index contributed by atoms with van der Waals surface area (Å²) in [7, 11) is 1.64. The summed E-state index contributed by atoms with van der Waals surface area (Å²) in [5.74, 6) is 0.677. The summed E-state index contributed by atoms with van der Waals surface area (Å²) in [4.78, 5) is 11.2. The average Bonchev–Trinajstić information content (AvgIpc) is 2.72. The molecule has 0 aromatic heterocycles. The van der Waals surface area contributed by atoms with Gasteiger partial charge in [-0.3, -0.25) is 4.79 Å². The van der Waals surface area contributed by atoms with E-state index in [1.54, 1.807) is 7.11 Å². The zero-order valence-corrected chi connectivity index (χ0v) is 9.23. The maximum absolute atomic E-state index is 11.2. The first-order chi connectivity index (χ1) is 7.79. The summed E-state index contributed by atoms with van der Waals surface area (Å²) in [6, 6.07) is 7.62. The van der Waals surface area contributed by atoms with E-state index >= 15 is 0 Å². The molecule has 4 heteroatoms. The first-order valence-electron chi connectivity index (χ1n) is 5.32. The van der Waals surface area contributed by atoms with E-state index in [0.29, 0.717) is 13.2 Å². The van der Waals surface area contributed by atoms with Gasteiger partial charge in [-0.1, -0.05) is 12.1 Å². The molecule has 4 nitrogen and oxygen atoms in total. The molecule has 0 saturated carbocycles. The van der Waals surface area contributed by atoms with Gasteiger partial charge in [-0.25, -0.2) is 0 Å². The van der Waals surface area contributed by atoms with Crippen molar-refractivity contribution < 1.29 is 14.3 Å². The highest BCUT2D eigenvalue weighted by atomic mass is 16.5. The Morgan fingerprint density at radius 2 is 2.44 bits per heavy atom. The lowest BCUT2D eigenvalue weighted by Gasteiger charge is -2.09. The maximum Gasteiger partial charge on any atom is 0.323 e. The molecule has 0 amide bonds. The van der Waals surface area contributed by atoms with Crippen molar-refractivity contribution in [3.8, 4) is 5.75 Å². The number of rotatable bonds is 4. The standard InChI is InChI=1S/C12H15NO3/c1-15-10-4-2-3-9(7-10)8-13-11-5-6-16-12(11)14/h2-4,7,11,13H,5-6,8H2,1H3. The highest BCUT2D eigenvalue weighted by Crippen LogP contribution is 2.13. The third kappa shape index (κ3) is 2.52. The van der Waals surface area contributed by atoms with Gasteiger partial charge in [-0.05, 0) is 17.7 Å². The zero-order chi connectivity index (χ0) is 11.4. The van der Waals surface area contributed by atoms with E-state index in [1.165, 1.54) is 0 Å². The topological polar surface area (TPSA) is 47.6 Å². The second kappa shape index (κ2) is 4.99. The number of methoxy groups -OCH3 is 1. The number of hydrogen-bond donors (Lipinski definition) is 1. The van der Waals surface area contributed by atoms with Gasteiger partial charge in [-0.15, -0.1) is 0 Å². The van der Waals surface area contributed by atoms with E-state index in [0.717, 1.165) is 17.7 Å². The molecule has 86 valence electrons. The third-order valence-electron chi connectivity index (χ3n) is 2.62. The number of carbonyl (C=O) groups is 1. The lowest BCUT2D eigenvalue weighted by molar-refractivity contribution is -0.139. The number of ether oxygens (including phenoxy) is 2. The van der Waals surface area contributed by atoms with Crippen LogP contribution in [0.5, 0.6) is 5.75 Å². The summed E-state index contributed by atoms with van der Waals surface area (Å²) in [5.41, 5.74) is 1.10. The van der Waals surface area contributed by atoms with Gasteiger partial charge in [0.2, 0.25) is 0 Å². The number of hydrogen-bond acceptors (Lipinski definition) is 4. The SMILES string of the molecule is COc1cccc(CNC2CCOC2=O)c1. The molecule has 1 aliphatic rings. The van der Waals surface area contributed by atoms with E-state index in [2.05, 4.69) is 5.32 Å². The Balaban J connectivity index is 1.91. The molecule has 1 unspecified atom stereocenters. The van der Waals surface area contributed by atoms with Gasteiger partial charge in [0.25, 0.3) is 0 Å². The van der Waals surface area contributed by atoms with Crippen molar-refractivity contribution in [3.05, 3.63) is 29.8 Å². The fourth-order valence-corrected chi connectivity index (χ4v) is 1.70. The molecule has 1 aliphatic heterocycles. The van der Waals surface area contributed by atoms with Crippen LogP contribution in [0.1, 0.15) is 12.0 Å². The molecule has 0 spiro atoms. The minimum atomic E-state index is -0.161. The number of nitrogens with one attached hydrogen (secondary N) is 1. The Labute approximate surface area is 94.6 Å². The van der Waals surface area contributed by atoms with Gasteiger partial charge in [-0.2, -0.15) is 0 Å². The fourth-order valence-electron chi connectivity index (χ4n) is 1.70. The van der Waals surface area contributed by atoms with Crippen LogP contribution in [-0.2, 0) is 16.1 Å². The Morgan fingerprint density at radius 1 is 1.56 bits per heavy atom. The average molecular weight is 221 g/mol. The molecular weight excluding hydrogens is 206 g/mol. The van der Waals surface area contributed by atoms with Crippen LogP contribution in [-0.4, -0.2) is 25.7 Å². The largest absolute Gasteiger partial charge is 0.497 e. The third-order valence-corrected chi connectivity index (χ3v) is 2.62. The van der Waals surface area contributed by atoms with Crippen molar-refractivity contribution in [2.24, 2.45) is 0 Å². The Morgan fingerprint density at radius 3 is 3.12 bits per heavy atom. The summed E-state index contributed by atoms with van der Waals surface area (Å²) in [5, 5.41) is 3.17. The van der Waals surface area contributed by atoms with Gasteiger partial charge in [0.05, 0.1) is 13.7 Å². The number of benzene rings is 1. The normalized spacial score (nSPS) is 19.6. The van der Waals surface area contributed by atoms with Crippen LogP contribution in [0.3, 0.4) is 0 Å². The quantitative estimate of drug-likeness (QED) is 0.773. The molecule has 1 saturated heterocycles. The molecule has 0 aliphatic carbocycles. The lowest BCUT2D eigenvalue weighted by Crippen LogP contribution is -2.32. The van der Waals surface area contributed by atoms with Crippen molar-refractivity contribution in [3.63, 3.8) is 0 Å². The minimum absolute atomic E-state index is 0.150. The molecule has 1 aromatic carbocycles. The Hall–Kier alpha value is -1.55. The molecule has 1 atom stereocenters. The van der Waals surface area contributed by atoms with E-state index in [1.807, 2.05) is 24.3 Å². The van der Waals surface area contributed by atoms with E-state index in [4.69, 9.17) is 9.47 Å². The summed E-state index contributed by atoms with van der Waals surface area (Å²) in [6.07, 6.45) is 0.753. The second-order valence-electron chi connectivity index (χ2n) is 3.74. The van der Waals surface area contributed by atoms with Crippen LogP contribution in [0.2, 0.25) is 0 Å². The Bertz CT molecular complexity index is 378. The van der Waals surface area contributed by atoms with Gasteiger partial charge in [0.1, 0.15) is 11.8 Å². The Kier molecular flexibility index (Phi) is 3.41. The van der Waals surface area contributed by atoms with Crippen LogP contribution in [0.4, 0.5) is 0 Å². The lowest BCUT2D eigenvalue weighted by atomic mass is 10.2. The monoisotopic (exact) mass is 221 g/mol. The van der Waals surface area contributed by atoms with Crippen LogP contribution < -0.4 is 10.1 Å². The minimum Gasteiger partial charge on any atom is -0.497 e. The van der Waals surface area contributed by atoms with Crippen LogP contribution in [0.15, 0.2) is 24.3 Å². The van der Waals surface area contributed by atoms with Crippen molar-refractivity contribution in [2.45, 2.75) is 19.0 Å². The fraction of sp³-hybridized carbons (Fsp3) is 0.417. The van der Waals surface area contributed by atoms with Crippen molar-refractivity contribution in [1.82, 2.24) is 5.32 Å². The summed E-state index contributed by atoms with van der Waals surface area (Å²) in [6.45, 7) is 1.17. The van der Waals surface area contributed by atoms with E-state index in [9.17, 15) is 4.79 Å². The molecule has 0 radical (unpaired) electrons. The van der Waals surface area contributed by atoms with Gasteiger partial charge in [0, 0.05) is 13.0 Å². The summed E-state index contributed by atoms with van der Waals surface area (Å²) >= 11 is 0. The molecule has 2 rings (SSSR count). The van der Waals surface area contributed by atoms with Gasteiger partial charge >= 0.3 is 5.97 Å². The molecule has 1 heterocycles. The molecule has 0 bridgehead atoms. The van der Waals surface area contributed by atoms with Gasteiger partial charge in [0.15, 0.2) is 0 Å². The number of esters is 1. The van der Waals surface area contributed by atoms with Gasteiger partial charge < -0.3 is 14.8 Å². The van der Waals surface area contributed by atoms with Crippen molar-refractivity contribution >= 4 is 5.97 Å². The molecular formula is C12H15NO3. The number of carbonyl (C=O) groups excluding carboxylic acids is 1. The van der Waals surface area contributed by atoms with E-state index < -0.39 is 0 Å². The predicted octanol–water partition coefficient (Wildman–Crippen LogP) is 1.10. The number of cyclic esters (lactones) is 1. The van der Waals surface area contributed by atoms with Crippen LogP contribution >= 0.6 is 0 Å². The predicted molar refractivity (Wildman–Crippen MR) is 59.2 cm³/mol. The zero-order valence-electron chi connectivity index (χ0n) is 9.23. The van der Waals surface area contributed by atoms with E-state index in [-0.39, 0.29) is 12.0 Å². The first-order valence-corrected chi connectivity index (χ1v) is 5.32. The van der Waals surface area contributed by atoms with Crippen LogP contribution in [0, 0.1) is 0 Å². The highest BCUT2D eigenvalue weighted by molar-refractivity contribution is 5.77.